The van der Waals surface area contributed by atoms with Gasteiger partial charge in [-0.05, 0) is 76.4 Å². The standard InChI is InChI=1S/C43H83NO6/c1-6-10-13-19-26-36-49-42(46)30-23-17-15-16-18-25-34-44(9-4)35-32-40(41(28-12-8-3)33-38-48-39(5)45)29-22-21-24-31-43(47)50-37-27-20-14-11-7-2/h40-41H,6-38H2,1-5H3. The Morgan fingerprint density at radius 2 is 0.900 bits per heavy atom. The first kappa shape index (κ1) is 48.4. The quantitative estimate of drug-likeness (QED) is 0.0358. The second kappa shape index (κ2) is 37.1. The maximum atomic E-state index is 12.2. The highest BCUT2D eigenvalue weighted by Crippen LogP contribution is 2.30. The molecule has 0 saturated carbocycles. The minimum absolute atomic E-state index is 0.0239. The largest absolute Gasteiger partial charge is 0.466 e. The van der Waals surface area contributed by atoms with E-state index < -0.39 is 0 Å². The molecule has 0 aromatic heterocycles. The molecule has 0 aromatic carbocycles. The van der Waals surface area contributed by atoms with Crippen molar-refractivity contribution in [3.8, 4) is 0 Å². The topological polar surface area (TPSA) is 82.1 Å². The third kappa shape index (κ3) is 32.3. The number of esters is 3. The van der Waals surface area contributed by atoms with Crippen LogP contribution in [0.15, 0.2) is 0 Å². The van der Waals surface area contributed by atoms with Gasteiger partial charge in [0.05, 0.1) is 19.8 Å². The highest BCUT2D eigenvalue weighted by Gasteiger charge is 2.22. The maximum Gasteiger partial charge on any atom is 0.305 e. The third-order valence-corrected chi connectivity index (χ3v) is 10.2. The molecule has 0 heterocycles. The molecule has 7 heteroatoms. The first-order valence-electron chi connectivity index (χ1n) is 21.5. The fourth-order valence-electron chi connectivity index (χ4n) is 6.92. The van der Waals surface area contributed by atoms with E-state index in [0.717, 1.165) is 83.8 Å². The molecule has 7 nitrogen and oxygen atoms in total. The summed E-state index contributed by atoms with van der Waals surface area (Å²) in [7, 11) is 0. The summed E-state index contributed by atoms with van der Waals surface area (Å²) in [6, 6.07) is 0. The number of rotatable bonds is 38. The Morgan fingerprint density at radius 1 is 0.440 bits per heavy atom. The van der Waals surface area contributed by atoms with Gasteiger partial charge in [-0.3, -0.25) is 14.4 Å². The first-order valence-corrected chi connectivity index (χ1v) is 21.5. The van der Waals surface area contributed by atoms with Gasteiger partial charge in [0, 0.05) is 19.8 Å². The van der Waals surface area contributed by atoms with Gasteiger partial charge in [0.15, 0.2) is 0 Å². The van der Waals surface area contributed by atoms with Crippen molar-refractivity contribution in [2.75, 3.05) is 39.5 Å². The fraction of sp³-hybridized carbons (Fsp3) is 0.930. The maximum absolute atomic E-state index is 12.2. The lowest BCUT2D eigenvalue weighted by atomic mass is 9.80. The smallest absolute Gasteiger partial charge is 0.305 e. The molecule has 0 radical (unpaired) electrons. The molecule has 2 unspecified atom stereocenters. The summed E-state index contributed by atoms with van der Waals surface area (Å²) in [5.41, 5.74) is 0. The molecule has 0 fully saturated rings. The van der Waals surface area contributed by atoms with Gasteiger partial charge >= 0.3 is 17.9 Å². The van der Waals surface area contributed by atoms with Crippen LogP contribution >= 0.6 is 0 Å². The van der Waals surface area contributed by atoms with Crippen molar-refractivity contribution in [2.24, 2.45) is 11.8 Å². The Hall–Kier alpha value is -1.63. The first-order chi connectivity index (χ1) is 24.4. The minimum Gasteiger partial charge on any atom is -0.466 e. The molecule has 0 aliphatic carbocycles. The Kier molecular flexibility index (Phi) is 35.9. The Balaban J connectivity index is 4.54. The molecule has 0 bridgehead atoms. The zero-order chi connectivity index (χ0) is 36.9. The van der Waals surface area contributed by atoms with Crippen molar-refractivity contribution in [1.29, 1.82) is 0 Å². The highest BCUT2D eigenvalue weighted by molar-refractivity contribution is 5.69. The average molecular weight is 710 g/mol. The number of nitrogens with zero attached hydrogens (tertiary/aromatic N) is 1. The summed E-state index contributed by atoms with van der Waals surface area (Å²) in [6.45, 7) is 15.5. The summed E-state index contributed by atoms with van der Waals surface area (Å²) >= 11 is 0. The lowest BCUT2D eigenvalue weighted by molar-refractivity contribution is -0.144. The average Bonchev–Trinajstić information content (AvgIpc) is 3.10. The highest BCUT2D eigenvalue weighted by atomic mass is 16.5. The molecule has 0 rings (SSSR count). The van der Waals surface area contributed by atoms with Crippen molar-refractivity contribution in [2.45, 2.75) is 208 Å². The van der Waals surface area contributed by atoms with Crippen LogP contribution in [0.4, 0.5) is 0 Å². The normalized spacial score (nSPS) is 12.6. The molecule has 0 aliphatic heterocycles. The molecule has 2 atom stereocenters. The minimum atomic E-state index is -0.188. The molecule has 0 aliphatic rings. The second-order valence-corrected chi connectivity index (χ2v) is 14.8. The SMILES string of the molecule is CCCCCCCOC(=O)CCCCCCCCN(CC)CCC(CCCCCC(=O)OCCCCCCC)C(CCCC)CCOC(C)=O. The van der Waals surface area contributed by atoms with Crippen molar-refractivity contribution >= 4 is 17.9 Å². The predicted octanol–water partition coefficient (Wildman–Crippen LogP) is 11.8. The van der Waals surface area contributed by atoms with Crippen molar-refractivity contribution < 1.29 is 28.6 Å². The van der Waals surface area contributed by atoms with Gasteiger partial charge in [-0.1, -0.05) is 143 Å². The molecule has 0 amide bonds. The molecule has 0 spiro atoms. The molecule has 0 N–H and O–H groups in total. The van der Waals surface area contributed by atoms with E-state index in [4.69, 9.17) is 14.2 Å². The van der Waals surface area contributed by atoms with Gasteiger partial charge in [-0.15, -0.1) is 0 Å². The number of unbranched alkanes of at least 4 members (excludes halogenated alkanes) is 16. The lowest BCUT2D eigenvalue weighted by Crippen LogP contribution is -2.29. The van der Waals surface area contributed by atoms with Crippen LogP contribution in [0.5, 0.6) is 0 Å². The molecular weight excluding hydrogens is 626 g/mol. The number of carbonyl (C=O) groups is 3. The molecular formula is C43H83NO6. The van der Waals surface area contributed by atoms with Gasteiger partial charge in [0.2, 0.25) is 0 Å². The van der Waals surface area contributed by atoms with Crippen LogP contribution in [-0.2, 0) is 28.6 Å². The van der Waals surface area contributed by atoms with E-state index in [2.05, 4.69) is 32.6 Å². The molecule has 50 heavy (non-hydrogen) atoms. The summed E-state index contributed by atoms with van der Waals surface area (Å²) < 4.78 is 16.3. The second-order valence-electron chi connectivity index (χ2n) is 14.8. The van der Waals surface area contributed by atoms with E-state index >= 15 is 0 Å². The van der Waals surface area contributed by atoms with Crippen LogP contribution in [-0.4, -0.2) is 62.3 Å². The zero-order valence-corrected chi connectivity index (χ0v) is 33.9. The molecule has 0 saturated heterocycles. The van der Waals surface area contributed by atoms with E-state index in [1.54, 1.807) is 0 Å². The fourth-order valence-corrected chi connectivity index (χ4v) is 6.92. The van der Waals surface area contributed by atoms with Crippen LogP contribution in [0.3, 0.4) is 0 Å². The monoisotopic (exact) mass is 710 g/mol. The van der Waals surface area contributed by atoms with E-state index in [9.17, 15) is 14.4 Å². The molecule has 0 aromatic rings. The van der Waals surface area contributed by atoms with Crippen molar-refractivity contribution in [3.63, 3.8) is 0 Å². The summed E-state index contributed by atoms with van der Waals surface area (Å²) in [5, 5.41) is 0. The predicted molar refractivity (Wildman–Crippen MR) is 209 cm³/mol. The number of carbonyl (C=O) groups excluding carboxylic acids is 3. The number of hydrogen-bond acceptors (Lipinski definition) is 7. The lowest BCUT2D eigenvalue weighted by Gasteiger charge is -2.30. The van der Waals surface area contributed by atoms with Crippen molar-refractivity contribution in [1.82, 2.24) is 4.90 Å². The van der Waals surface area contributed by atoms with Gasteiger partial charge in [-0.2, -0.15) is 0 Å². The summed E-state index contributed by atoms with van der Waals surface area (Å²) in [6.07, 6.45) is 29.7. The molecule has 296 valence electrons. The van der Waals surface area contributed by atoms with Crippen molar-refractivity contribution in [3.05, 3.63) is 0 Å². The van der Waals surface area contributed by atoms with Crippen LogP contribution in [0, 0.1) is 11.8 Å². The van der Waals surface area contributed by atoms with Gasteiger partial charge in [0.1, 0.15) is 0 Å². The third-order valence-electron chi connectivity index (χ3n) is 10.2. The van der Waals surface area contributed by atoms with Crippen LogP contribution in [0.25, 0.3) is 0 Å². The van der Waals surface area contributed by atoms with E-state index in [0.29, 0.717) is 44.5 Å². The van der Waals surface area contributed by atoms with E-state index in [1.807, 2.05) is 0 Å². The Bertz CT molecular complexity index is 774. The van der Waals surface area contributed by atoms with Crippen LogP contribution in [0.1, 0.15) is 208 Å². The van der Waals surface area contributed by atoms with E-state index in [1.165, 1.54) is 103 Å². The summed E-state index contributed by atoms with van der Waals surface area (Å²) in [4.78, 5) is 38.3. The van der Waals surface area contributed by atoms with Gasteiger partial charge in [-0.25, -0.2) is 0 Å². The van der Waals surface area contributed by atoms with E-state index in [-0.39, 0.29) is 17.9 Å². The Morgan fingerprint density at radius 3 is 1.44 bits per heavy atom. The van der Waals surface area contributed by atoms with Crippen LogP contribution in [0.2, 0.25) is 0 Å². The Labute approximate surface area is 310 Å². The zero-order valence-electron chi connectivity index (χ0n) is 33.9. The van der Waals surface area contributed by atoms with Crippen LogP contribution < -0.4 is 0 Å². The van der Waals surface area contributed by atoms with Gasteiger partial charge in [0.25, 0.3) is 0 Å². The number of hydrogen-bond donors (Lipinski definition) is 0. The van der Waals surface area contributed by atoms with Gasteiger partial charge < -0.3 is 19.1 Å². The number of ether oxygens (including phenoxy) is 3. The summed E-state index contributed by atoms with van der Waals surface area (Å²) in [5.74, 6) is 0.917.